The number of ether oxygens (including phenoxy) is 1. The summed E-state index contributed by atoms with van der Waals surface area (Å²) in [6, 6.07) is 0. The third kappa shape index (κ3) is 8.75. The van der Waals surface area contributed by atoms with E-state index in [9.17, 15) is 9.59 Å². The van der Waals surface area contributed by atoms with Crippen molar-refractivity contribution in [1.82, 2.24) is 0 Å². The Hall–Kier alpha value is 0.745. The molecule has 0 amide bonds. The van der Waals surface area contributed by atoms with E-state index in [4.69, 9.17) is 5.11 Å². The second-order valence-corrected chi connectivity index (χ2v) is 1.15. The van der Waals surface area contributed by atoms with E-state index in [0.29, 0.717) is 0 Å². The van der Waals surface area contributed by atoms with Gasteiger partial charge in [0, 0.05) is 0 Å². The molecule has 0 aromatic heterocycles. The average Bonchev–Trinajstić information content (AvgIpc) is 1.65. The summed E-state index contributed by atoms with van der Waals surface area (Å²) < 4.78 is 4.04. The second kappa shape index (κ2) is 6.86. The first-order valence-corrected chi connectivity index (χ1v) is 1.95. The molecular weight excluding hydrogens is 198 g/mol. The minimum absolute atomic E-state index is 0. The van der Waals surface area contributed by atoms with Crippen LogP contribution in [-0.2, 0) is 14.3 Å². The van der Waals surface area contributed by atoms with Crippen LogP contribution >= 0.6 is 0 Å². The Labute approximate surface area is 101 Å². The zero-order chi connectivity index (χ0) is 6.57. The average molecular weight is 205 g/mol. The van der Waals surface area contributed by atoms with Crippen LogP contribution in [0.5, 0.6) is 0 Å². The molecule has 0 rings (SSSR count). The van der Waals surface area contributed by atoms with E-state index in [1.54, 1.807) is 0 Å². The van der Waals surface area contributed by atoms with Crippen LogP contribution < -0.4 is 0 Å². The van der Waals surface area contributed by atoms with E-state index in [2.05, 4.69) is 4.74 Å². The van der Waals surface area contributed by atoms with Crippen molar-refractivity contribution in [2.24, 2.45) is 0 Å². The Balaban J connectivity index is 0. The number of rotatable bonds is 2. The maximum atomic E-state index is 10.0. The molecule has 0 saturated heterocycles. The van der Waals surface area contributed by atoms with Crippen molar-refractivity contribution >= 4 is 70.1 Å². The van der Waals surface area contributed by atoms with Gasteiger partial charge in [-0.1, -0.05) is 0 Å². The van der Waals surface area contributed by atoms with Crippen LogP contribution in [0, 0.1) is 0 Å². The molecule has 0 aliphatic heterocycles. The van der Waals surface area contributed by atoms with Gasteiger partial charge in [0.05, 0.1) is 7.11 Å². The fourth-order valence-corrected chi connectivity index (χ4v) is 0.196. The molecule has 4 nitrogen and oxygen atoms in total. The monoisotopic (exact) mass is 204 g/mol. The second-order valence-electron chi connectivity index (χ2n) is 1.15. The summed E-state index contributed by atoms with van der Waals surface area (Å²) in [6.45, 7) is 0. The molecule has 5 heteroatoms. The number of aliphatic carboxylic acids is 1. The number of hydrogen-bond acceptors (Lipinski definition) is 3. The Morgan fingerprint density at radius 2 is 2.00 bits per heavy atom. The predicted octanol–water partition coefficient (Wildman–Crippen LogP) is -1.01. The summed E-state index contributed by atoms with van der Waals surface area (Å²) in [4.78, 5) is 19.7. The van der Waals surface area contributed by atoms with Gasteiger partial charge in [-0.15, -0.1) is 0 Å². The van der Waals surface area contributed by atoms with Gasteiger partial charge < -0.3 is 9.84 Å². The molecule has 0 aliphatic carbocycles. The number of carbonyl (C=O) groups excluding carboxylic acids is 1. The third-order valence-electron chi connectivity index (χ3n) is 0.523. The zero-order valence-electron chi connectivity index (χ0n) is 4.38. The molecule has 0 radical (unpaired) electrons. The number of carboxylic acid groups (broad SMARTS) is 1. The van der Waals surface area contributed by atoms with Gasteiger partial charge in [-0.05, 0) is 0 Å². The first-order chi connectivity index (χ1) is 3.66. The van der Waals surface area contributed by atoms with Gasteiger partial charge in [0.15, 0.2) is 0 Å². The van der Waals surface area contributed by atoms with Crippen molar-refractivity contribution in [2.45, 2.75) is 6.42 Å². The first kappa shape index (κ1) is 12.4. The van der Waals surface area contributed by atoms with E-state index in [1.807, 2.05) is 0 Å². The molecule has 0 atom stereocenters. The third-order valence-corrected chi connectivity index (χ3v) is 0.523. The Kier molecular flexibility index (Phi) is 9.47. The first-order valence-electron chi connectivity index (χ1n) is 1.95. The van der Waals surface area contributed by atoms with Gasteiger partial charge in [-0.25, -0.2) is 0 Å². The number of esters is 1. The van der Waals surface area contributed by atoms with Gasteiger partial charge in [-0.3, -0.25) is 9.59 Å². The minimum atomic E-state index is -1.17. The van der Waals surface area contributed by atoms with Crippen LogP contribution in [0.1, 0.15) is 6.42 Å². The van der Waals surface area contributed by atoms with E-state index in [-0.39, 0.29) is 58.2 Å². The molecule has 0 unspecified atom stereocenters. The number of hydrogen-bond donors (Lipinski definition) is 1. The number of methoxy groups -OCH3 is 1. The number of carbonyl (C=O) groups is 2. The summed E-state index contributed by atoms with van der Waals surface area (Å²) in [5, 5.41) is 7.91. The number of carboxylic acids is 1. The van der Waals surface area contributed by atoms with Crippen LogP contribution in [0.2, 0.25) is 0 Å². The summed E-state index contributed by atoms with van der Waals surface area (Å²) >= 11 is 0. The molecule has 0 bridgehead atoms. The van der Waals surface area contributed by atoms with Crippen LogP contribution in [0.25, 0.3) is 0 Å². The summed E-state index contributed by atoms with van der Waals surface area (Å²) in [7, 11) is 1.14. The molecule has 1 N–H and O–H groups in total. The molecular formula is C4H7O4Rb. The van der Waals surface area contributed by atoms with E-state index in [0.717, 1.165) is 7.11 Å². The quantitative estimate of drug-likeness (QED) is 0.462. The van der Waals surface area contributed by atoms with Gasteiger partial charge in [0.2, 0.25) is 0 Å². The summed E-state index contributed by atoms with van der Waals surface area (Å²) in [5.74, 6) is -1.89. The van der Waals surface area contributed by atoms with Crippen molar-refractivity contribution < 1.29 is 19.4 Å². The molecule has 0 heterocycles. The molecule has 0 aliphatic rings. The van der Waals surface area contributed by atoms with Crippen molar-refractivity contribution in [2.75, 3.05) is 7.11 Å². The molecule has 0 aromatic rings. The van der Waals surface area contributed by atoms with Crippen molar-refractivity contribution in [3.8, 4) is 0 Å². The topological polar surface area (TPSA) is 63.6 Å². The molecule has 0 saturated carbocycles. The van der Waals surface area contributed by atoms with Crippen molar-refractivity contribution in [3.05, 3.63) is 0 Å². The van der Waals surface area contributed by atoms with Gasteiger partial charge >= 0.3 is 70.1 Å². The molecule has 48 valence electrons. The van der Waals surface area contributed by atoms with Crippen molar-refractivity contribution in [3.63, 3.8) is 0 Å². The Morgan fingerprint density at radius 1 is 1.56 bits per heavy atom. The predicted molar refractivity (Wildman–Crippen MR) is 31.4 cm³/mol. The molecule has 0 fully saturated rings. The summed E-state index contributed by atoms with van der Waals surface area (Å²) in [6.07, 6.45) is -0.559. The van der Waals surface area contributed by atoms with Crippen LogP contribution in [0.3, 0.4) is 0 Å². The zero-order valence-corrected chi connectivity index (χ0v) is 4.38. The van der Waals surface area contributed by atoms with E-state index >= 15 is 0 Å². The normalized spacial score (nSPS) is 7.22. The Morgan fingerprint density at radius 3 is 2.11 bits per heavy atom. The van der Waals surface area contributed by atoms with Crippen LogP contribution in [-0.4, -0.2) is 82.3 Å². The summed E-state index contributed by atoms with van der Waals surface area (Å²) in [5.41, 5.74) is 0. The fraction of sp³-hybridized carbons (Fsp3) is 0.500. The standard InChI is InChI=1S/C4H6O4.Rb.H/c1-8-4(7)2-3(5)6;;/h2H2,1H3,(H,5,6);;. The van der Waals surface area contributed by atoms with Gasteiger partial charge in [0.1, 0.15) is 6.42 Å². The van der Waals surface area contributed by atoms with E-state index < -0.39 is 18.4 Å². The molecule has 0 spiro atoms. The molecule has 9 heavy (non-hydrogen) atoms. The SMILES string of the molecule is COC(=O)CC(=O)O.[RbH]. The van der Waals surface area contributed by atoms with Gasteiger partial charge in [0.25, 0.3) is 0 Å². The Bertz CT molecular complexity index is 111. The van der Waals surface area contributed by atoms with Crippen LogP contribution in [0.15, 0.2) is 0 Å². The van der Waals surface area contributed by atoms with Crippen molar-refractivity contribution in [1.29, 1.82) is 0 Å². The van der Waals surface area contributed by atoms with Gasteiger partial charge in [-0.2, -0.15) is 0 Å². The van der Waals surface area contributed by atoms with Crippen LogP contribution in [0.4, 0.5) is 0 Å². The maximum absolute atomic E-state index is 10.0. The fourth-order valence-electron chi connectivity index (χ4n) is 0.196. The van der Waals surface area contributed by atoms with E-state index in [1.165, 1.54) is 0 Å². The molecule has 0 aromatic carbocycles.